The molecule has 0 aromatic heterocycles. The van der Waals surface area contributed by atoms with Crippen molar-refractivity contribution in [3.63, 3.8) is 0 Å². The highest BCUT2D eigenvalue weighted by molar-refractivity contribution is 6.03. The number of carbonyl (C=O) groups excluding carboxylic acids is 1. The molecule has 218 valence electrons. The van der Waals surface area contributed by atoms with E-state index in [4.69, 9.17) is 4.74 Å². The molecule has 4 nitrogen and oxygen atoms in total. The molecule has 4 heteroatoms. The Balaban J connectivity index is 1.20. The highest BCUT2D eigenvalue weighted by Gasteiger charge is 2.43. The molecule has 0 fully saturated rings. The lowest BCUT2D eigenvalue weighted by molar-refractivity contribution is -0.401. The predicted octanol–water partition coefficient (Wildman–Crippen LogP) is 8.27. The number of hydrogen-bond donors (Lipinski definition) is 0. The lowest BCUT2D eigenvalue weighted by Gasteiger charge is -2.48. The third kappa shape index (κ3) is 4.89. The van der Waals surface area contributed by atoms with Gasteiger partial charge in [-0.3, -0.25) is 0 Å². The molecule has 3 aliphatic heterocycles. The number of esters is 1. The third-order valence-corrected chi connectivity index (χ3v) is 10.1. The number of fused-ring (bicyclic) bond motifs is 1. The van der Waals surface area contributed by atoms with Gasteiger partial charge in [0.25, 0.3) is 0 Å². The molecule has 0 saturated heterocycles. The van der Waals surface area contributed by atoms with Crippen LogP contribution in [0.3, 0.4) is 0 Å². The summed E-state index contributed by atoms with van der Waals surface area (Å²) in [5.74, 6) is 0.229. The number of benzene rings is 3. The van der Waals surface area contributed by atoms with Gasteiger partial charge in [0.15, 0.2) is 5.71 Å². The number of aryl methyl sites for hydroxylation is 1. The third-order valence-electron chi connectivity index (χ3n) is 10.1. The average Bonchev–Trinajstić information content (AvgIpc) is 3.14. The number of carbonyl (C=O) groups is 1. The Morgan fingerprint density at radius 1 is 0.881 bits per heavy atom. The van der Waals surface area contributed by atoms with Crippen LogP contribution in [0.25, 0.3) is 0 Å². The van der Waals surface area contributed by atoms with Crippen LogP contribution in [0.1, 0.15) is 93.4 Å². The highest BCUT2D eigenvalue weighted by Crippen LogP contribution is 2.49. The van der Waals surface area contributed by atoms with Crippen molar-refractivity contribution in [2.24, 2.45) is 0 Å². The number of ether oxygens (including phenoxy) is 1. The van der Waals surface area contributed by atoms with Gasteiger partial charge >= 0.3 is 5.97 Å². The molecular weight excluding hydrogens is 516 g/mol. The molecule has 0 atom stereocenters. The summed E-state index contributed by atoms with van der Waals surface area (Å²) in [6, 6.07) is 20.2. The van der Waals surface area contributed by atoms with Gasteiger partial charge in [0.1, 0.15) is 12.8 Å². The zero-order valence-electron chi connectivity index (χ0n) is 26.4. The second-order valence-corrected chi connectivity index (χ2v) is 14.2. The molecular formula is C38H45N2O2+. The summed E-state index contributed by atoms with van der Waals surface area (Å²) in [5, 5.41) is 0. The van der Waals surface area contributed by atoms with Gasteiger partial charge in [-0.15, -0.1) is 0 Å². The normalized spacial score (nSPS) is 19.5. The maximum atomic E-state index is 12.9. The van der Waals surface area contributed by atoms with Gasteiger partial charge < -0.3 is 9.64 Å². The Bertz CT molecular complexity index is 1570. The first-order valence-corrected chi connectivity index (χ1v) is 15.5. The number of nitrogens with zero attached hydrogens (tertiary/aromatic N) is 2. The lowest BCUT2D eigenvalue weighted by atomic mass is 9.69. The van der Waals surface area contributed by atoms with E-state index in [-0.39, 0.29) is 22.2 Å². The van der Waals surface area contributed by atoms with E-state index in [0.717, 1.165) is 24.1 Å². The van der Waals surface area contributed by atoms with Gasteiger partial charge in [-0.25, -0.2) is 4.79 Å². The fourth-order valence-electron chi connectivity index (χ4n) is 7.21. The predicted molar refractivity (Wildman–Crippen MR) is 173 cm³/mol. The van der Waals surface area contributed by atoms with Gasteiger partial charge in [0.2, 0.25) is 5.69 Å². The van der Waals surface area contributed by atoms with Crippen molar-refractivity contribution in [3.8, 4) is 5.75 Å². The number of para-hydroxylation sites is 1. The summed E-state index contributed by atoms with van der Waals surface area (Å²) in [4.78, 5) is 15.6. The zero-order valence-corrected chi connectivity index (χ0v) is 26.4. The van der Waals surface area contributed by atoms with Gasteiger partial charge in [0, 0.05) is 36.5 Å². The summed E-state index contributed by atoms with van der Waals surface area (Å²) >= 11 is 0. The van der Waals surface area contributed by atoms with Crippen LogP contribution < -0.4 is 9.64 Å². The second kappa shape index (κ2) is 10.3. The molecule has 3 aromatic rings. The van der Waals surface area contributed by atoms with Gasteiger partial charge in [-0.1, -0.05) is 64.1 Å². The van der Waals surface area contributed by atoms with Crippen LogP contribution >= 0.6 is 0 Å². The highest BCUT2D eigenvalue weighted by atomic mass is 16.5. The first kappa shape index (κ1) is 28.5. The number of anilines is 1. The molecule has 6 rings (SSSR count). The summed E-state index contributed by atoms with van der Waals surface area (Å²) in [5.41, 5.74) is 10.4. The van der Waals surface area contributed by atoms with Gasteiger partial charge in [-0.2, -0.15) is 4.58 Å². The summed E-state index contributed by atoms with van der Waals surface area (Å²) in [6.45, 7) is 16.5. The number of allylic oxidation sites excluding steroid dienone is 2. The molecule has 0 radical (unpaired) electrons. The smallest absolute Gasteiger partial charge is 0.343 e. The lowest BCUT2D eigenvalue weighted by Crippen LogP contribution is -2.44. The van der Waals surface area contributed by atoms with E-state index in [1.165, 1.54) is 42.9 Å². The number of rotatable bonds is 6. The summed E-state index contributed by atoms with van der Waals surface area (Å²) in [7, 11) is 2.12. The monoisotopic (exact) mass is 561 g/mol. The van der Waals surface area contributed by atoms with Crippen LogP contribution in [0, 0.1) is 0 Å². The first-order chi connectivity index (χ1) is 19.9. The van der Waals surface area contributed by atoms with Crippen molar-refractivity contribution in [2.75, 3.05) is 25.0 Å². The van der Waals surface area contributed by atoms with Crippen LogP contribution in [0.15, 0.2) is 72.8 Å². The number of hydrogen-bond acceptors (Lipinski definition) is 3. The summed E-state index contributed by atoms with van der Waals surface area (Å²) in [6.07, 6.45) is 9.08. The van der Waals surface area contributed by atoms with Crippen molar-refractivity contribution in [2.45, 2.75) is 83.5 Å². The van der Waals surface area contributed by atoms with E-state index < -0.39 is 0 Å². The minimum atomic E-state index is -0.329. The van der Waals surface area contributed by atoms with Gasteiger partial charge in [-0.05, 0) is 91.3 Å². The van der Waals surface area contributed by atoms with Crippen molar-refractivity contribution in [1.29, 1.82) is 0 Å². The molecule has 0 N–H and O–H groups in total. The minimum Gasteiger partial charge on any atom is -0.423 e. The second-order valence-electron chi connectivity index (χ2n) is 14.2. The van der Waals surface area contributed by atoms with Crippen molar-refractivity contribution < 1.29 is 14.1 Å². The van der Waals surface area contributed by atoms with Crippen LogP contribution in [0.4, 0.5) is 11.4 Å². The average molecular weight is 562 g/mol. The quantitative estimate of drug-likeness (QED) is 0.172. The molecule has 0 bridgehead atoms. The standard InChI is InChI=1S/C38H45N2O2/c1-36(2)19-21-40-22-20-37(3,4)31-24-26(23-30(36)34(31)40)13-11-12-16-33-38(5,6)29-25-27(17-18-32(29)39(33)7)35(41)42-28-14-9-8-10-15-28/h8-10,12,14-18,23-25H,11,13,19-22H2,1-7H3/q+1. The maximum Gasteiger partial charge on any atom is 0.343 e. The molecule has 0 amide bonds. The summed E-state index contributed by atoms with van der Waals surface area (Å²) < 4.78 is 7.88. The van der Waals surface area contributed by atoms with E-state index >= 15 is 0 Å². The molecule has 42 heavy (non-hydrogen) atoms. The van der Waals surface area contributed by atoms with E-state index in [9.17, 15) is 4.79 Å². The fourth-order valence-corrected chi connectivity index (χ4v) is 7.21. The van der Waals surface area contributed by atoms with Crippen LogP contribution in [-0.2, 0) is 22.7 Å². The topological polar surface area (TPSA) is 32.5 Å². The van der Waals surface area contributed by atoms with E-state index in [2.05, 4.69) is 82.4 Å². The Labute approximate surface area is 251 Å². The van der Waals surface area contributed by atoms with Crippen LogP contribution in [-0.4, -0.2) is 36.4 Å². The zero-order chi connectivity index (χ0) is 29.9. The van der Waals surface area contributed by atoms with Crippen molar-refractivity contribution >= 4 is 23.1 Å². The van der Waals surface area contributed by atoms with Crippen molar-refractivity contribution in [1.82, 2.24) is 0 Å². The largest absolute Gasteiger partial charge is 0.423 e. The van der Waals surface area contributed by atoms with Crippen molar-refractivity contribution in [3.05, 3.63) is 101 Å². The maximum absolute atomic E-state index is 12.9. The molecule has 0 aliphatic carbocycles. The molecule has 3 heterocycles. The molecule has 0 saturated carbocycles. The minimum absolute atomic E-state index is 0.213. The van der Waals surface area contributed by atoms with E-state index in [0.29, 0.717) is 11.3 Å². The Hall–Kier alpha value is -3.66. The van der Waals surface area contributed by atoms with Crippen LogP contribution in [0.2, 0.25) is 0 Å². The van der Waals surface area contributed by atoms with Crippen LogP contribution in [0.5, 0.6) is 5.75 Å². The van der Waals surface area contributed by atoms with Gasteiger partial charge in [0.05, 0.1) is 11.0 Å². The Kier molecular flexibility index (Phi) is 6.95. The van der Waals surface area contributed by atoms with E-state index in [1.807, 2.05) is 36.4 Å². The Morgan fingerprint density at radius 3 is 2.17 bits per heavy atom. The molecule has 3 aliphatic rings. The molecule has 0 unspecified atom stereocenters. The SMILES string of the molecule is C[N+]1=C(C=CCCc2cc3c4c(c2)C(C)(C)CCN4CCC3(C)C)C(C)(C)c2cc(C(=O)Oc3ccccc3)ccc21. The Morgan fingerprint density at radius 2 is 1.52 bits per heavy atom. The molecule has 3 aromatic carbocycles. The first-order valence-electron chi connectivity index (χ1n) is 15.5. The van der Waals surface area contributed by atoms with E-state index in [1.54, 1.807) is 23.3 Å². The molecule has 0 spiro atoms. The fraction of sp³-hybridized carbons (Fsp3) is 0.421.